The van der Waals surface area contributed by atoms with E-state index in [0.717, 1.165) is 16.3 Å². The van der Waals surface area contributed by atoms with Gasteiger partial charge in [0, 0.05) is 34.7 Å². The van der Waals surface area contributed by atoms with Gasteiger partial charge in [-0.2, -0.15) is 4.31 Å². The predicted molar refractivity (Wildman–Crippen MR) is 126 cm³/mol. The van der Waals surface area contributed by atoms with E-state index in [4.69, 9.17) is 11.6 Å². The molecule has 1 aromatic heterocycles. The fourth-order valence-electron chi connectivity index (χ4n) is 3.20. The minimum Gasteiger partial charge on any atom is -0.354 e. The van der Waals surface area contributed by atoms with Crippen LogP contribution in [0, 0.1) is 0 Å². The Hall–Kier alpha value is -1.91. The Bertz CT molecular complexity index is 1170. The summed E-state index contributed by atoms with van der Waals surface area (Å²) >= 11 is 8.93. The zero-order chi connectivity index (χ0) is 21.8. The number of carbonyl (C=O) groups excluding carboxylic acids is 1. The summed E-state index contributed by atoms with van der Waals surface area (Å²) in [5, 5.41) is 6.13. The van der Waals surface area contributed by atoms with Gasteiger partial charge in [-0.25, -0.2) is 13.4 Å². The van der Waals surface area contributed by atoms with Crippen molar-refractivity contribution in [3.05, 3.63) is 70.7 Å². The minimum atomic E-state index is -3.80. The van der Waals surface area contributed by atoms with E-state index >= 15 is 0 Å². The lowest BCUT2D eigenvalue weighted by Gasteiger charge is -2.22. The highest BCUT2D eigenvalue weighted by Crippen LogP contribution is 2.29. The number of nitrogens with one attached hydrogen (secondary N) is 1. The molecule has 2 aromatic carbocycles. The molecule has 3 aromatic rings. The molecule has 1 amide bonds. The van der Waals surface area contributed by atoms with Crippen molar-refractivity contribution in [1.82, 2.24) is 14.6 Å². The van der Waals surface area contributed by atoms with Crippen LogP contribution < -0.4 is 5.32 Å². The largest absolute Gasteiger partial charge is 0.354 e. The van der Waals surface area contributed by atoms with Gasteiger partial charge < -0.3 is 5.32 Å². The van der Waals surface area contributed by atoms with Gasteiger partial charge in [0.2, 0.25) is 15.9 Å². The molecule has 1 aliphatic heterocycles. The second-order valence-electron chi connectivity index (χ2n) is 6.92. The van der Waals surface area contributed by atoms with Crippen LogP contribution in [0.4, 0.5) is 0 Å². The van der Waals surface area contributed by atoms with E-state index < -0.39 is 16.1 Å². The lowest BCUT2D eigenvalue weighted by Crippen LogP contribution is -2.47. The Labute approximate surface area is 194 Å². The van der Waals surface area contributed by atoms with Gasteiger partial charge in [-0.3, -0.25) is 4.79 Å². The Kier molecular flexibility index (Phi) is 6.98. The Morgan fingerprint density at radius 3 is 2.77 bits per heavy atom. The maximum Gasteiger partial charge on any atom is 0.244 e. The van der Waals surface area contributed by atoms with Gasteiger partial charge in [0.05, 0.1) is 16.5 Å². The lowest BCUT2D eigenvalue weighted by atomic mass is 10.2. The van der Waals surface area contributed by atoms with E-state index in [-0.39, 0.29) is 16.7 Å². The molecule has 0 radical (unpaired) electrons. The summed E-state index contributed by atoms with van der Waals surface area (Å²) in [7, 11) is -3.80. The summed E-state index contributed by atoms with van der Waals surface area (Å²) in [6, 6.07) is 15.3. The number of aromatic nitrogens is 1. The topological polar surface area (TPSA) is 79.4 Å². The average molecular weight is 494 g/mol. The summed E-state index contributed by atoms with van der Waals surface area (Å²) in [6.45, 7) is 0.392. The van der Waals surface area contributed by atoms with Gasteiger partial charge >= 0.3 is 0 Å². The number of hydrogen-bond acceptors (Lipinski definition) is 6. The van der Waals surface area contributed by atoms with Crippen LogP contribution in [0.2, 0.25) is 5.02 Å². The predicted octanol–water partition coefficient (Wildman–Crippen LogP) is 3.89. The van der Waals surface area contributed by atoms with Crippen molar-refractivity contribution >= 4 is 50.6 Å². The van der Waals surface area contributed by atoms with Gasteiger partial charge in [-0.15, -0.1) is 23.1 Å². The standard InChI is InChI=1S/C21H20ClN3O3S3/c22-16-7-4-8-18(11-16)31(27,28)25-14-29-13-19(25)20(26)23-10-9-17-12-30-21(24-17)15-5-2-1-3-6-15/h1-8,11-12,19H,9-10,13-14H2,(H,23,26). The highest BCUT2D eigenvalue weighted by atomic mass is 35.5. The molecule has 6 nitrogen and oxygen atoms in total. The monoisotopic (exact) mass is 493 g/mol. The second-order valence-corrected chi connectivity index (χ2v) is 11.1. The van der Waals surface area contributed by atoms with E-state index in [2.05, 4.69) is 10.3 Å². The maximum atomic E-state index is 13.0. The highest BCUT2D eigenvalue weighted by Gasteiger charge is 2.39. The molecule has 31 heavy (non-hydrogen) atoms. The van der Waals surface area contributed by atoms with Crippen molar-refractivity contribution in [3.8, 4) is 10.6 Å². The molecule has 0 bridgehead atoms. The van der Waals surface area contributed by atoms with Crippen molar-refractivity contribution in [2.75, 3.05) is 18.2 Å². The number of halogens is 1. The van der Waals surface area contributed by atoms with Crippen molar-refractivity contribution in [2.45, 2.75) is 17.4 Å². The molecule has 10 heteroatoms. The third-order valence-electron chi connectivity index (χ3n) is 4.80. The van der Waals surface area contributed by atoms with Gasteiger partial charge in [-0.1, -0.05) is 48.0 Å². The molecule has 1 aliphatic rings. The molecule has 1 atom stereocenters. The smallest absolute Gasteiger partial charge is 0.244 e. The summed E-state index contributed by atoms with van der Waals surface area (Å²) in [6.07, 6.45) is 0.579. The zero-order valence-electron chi connectivity index (χ0n) is 16.4. The first-order chi connectivity index (χ1) is 14.9. The molecule has 1 unspecified atom stereocenters. The molecule has 1 fully saturated rings. The Morgan fingerprint density at radius 2 is 2.00 bits per heavy atom. The third-order valence-corrected chi connectivity index (χ3v) is 9.00. The normalized spacial score (nSPS) is 17.0. The van der Waals surface area contributed by atoms with Crippen molar-refractivity contribution in [3.63, 3.8) is 0 Å². The van der Waals surface area contributed by atoms with Crippen LogP contribution >= 0.6 is 34.7 Å². The summed E-state index contributed by atoms with van der Waals surface area (Å²) in [4.78, 5) is 17.5. The third kappa shape index (κ3) is 5.12. The molecule has 0 saturated carbocycles. The van der Waals surface area contributed by atoms with Crippen LogP contribution in [0.25, 0.3) is 10.6 Å². The lowest BCUT2D eigenvalue weighted by molar-refractivity contribution is -0.123. The number of nitrogens with zero attached hydrogens (tertiary/aromatic N) is 2. The fourth-order valence-corrected chi connectivity index (χ4v) is 7.51. The first-order valence-corrected chi connectivity index (χ1v) is 13.4. The van der Waals surface area contributed by atoms with Crippen molar-refractivity contribution in [2.24, 2.45) is 0 Å². The first-order valence-electron chi connectivity index (χ1n) is 9.58. The number of sulfonamides is 1. The van der Waals surface area contributed by atoms with E-state index in [1.807, 2.05) is 35.7 Å². The van der Waals surface area contributed by atoms with E-state index in [9.17, 15) is 13.2 Å². The van der Waals surface area contributed by atoms with E-state index in [1.165, 1.54) is 28.2 Å². The fraction of sp³-hybridized carbons (Fsp3) is 0.238. The summed E-state index contributed by atoms with van der Waals surface area (Å²) in [5.74, 6) is 0.356. The summed E-state index contributed by atoms with van der Waals surface area (Å²) in [5.41, 5.74) is 1.96. The number of amides is 1. The van der Waals surface area contributed by atoms with Crippen LogP contribution in [0.15, 0.2) is 64.9 Å². The van der Waals surface area contributed by atoms with E-state index in [0.29, 0.717) is 23.7 Å². The number of hydrogen-bond donors (Lipinski definition) is 1. The Morgan fingerprint density at radius 1 is 1.19 bits per heavy atom. The van der Waals surface area contributed by atoms with Crippen LogP contribution in [0.5, 0.6) is 0 Å². The average Bonchev–Trinajstić information content (AvgIpc) is 3.45. The quantitative estimate of drug-likeness (QED) is 0.540. The Balaban J connectivity index is 1.37. The zero-order valence-corrected chi connectivity index (χ0v) is 19.6. The second kappa shape index (κ2) is 9.70. The molecular weight excluding hydrogens is 474 g/mol. The van der Waals surface area contributed by atoms with Gasteiger partial charge in [0.25, 0.3) is 0 Å². The molecule has 4 rings (SSSR count). The SMILES string of the molecule is O=C(NCCc1csc(-c2ccccc2)n1)C1CSCN1S(=O)(=O)c1cccc(Cl)c1. The minimum absolute atomic E-state index is 0.0937. The number of thiazole rings is 1. The molecule has 0 spiro atoms. The maximum absolute atomic E-state index is 13.0. The van der Waals surface area contributed by atoms with E-state index in [1.54, 1.807) is 23.5 Å². The number of thioether (sulfide) groups is 1. The molecular formula is C21H20ClN3O3S3. The van der Waals surface area contributed by atoms with Crippen LogP contribution in [0.1, 0.15) is 5.69 Å². The van der Waals surface area contributed by atoms with Gasteiger partial charge in [0.15, 0.2) is 0 Å². The van der Waals surface area contributed by atoms with Crippen LogP contribution in [-0.2, 0) is 21.2 Å². The van der Waals surface area contributed by atoms with Crippen LogP contribution in [0.3, 0.4) is 0 Å². The molecule has 2 heterocycles. The molecule has 1 N–H and O–H groups in total. The number of rotatable bonds is 7. The highest BCUT2D eigenvalue weighted by molar-refractivity contribution is 8.00. The summed E-state index contributed by atoms with van der Waals surface area (Å²) < 4.78 is 27.2. The number of carbonyl (C=O) groups is 1. The van der Waals surface area contributed by atoms with Gasteiger partial charge in [0.1, 0.15) is 11.0 Å². The number of benzene rings is 2. The van der Waals surface area contributed by atoms with Crippen molar-refractivity contribution < 1.29 is 13.2 Å². The van der Waals surface area contributed by atoms with Gasteiger partial charge in [-0.05, 0) is 18.2 Å². The van der Waals surface area contributed by atoms with Crippen molar-refractivity contribution in [1.29, 1.82) is 0 Å². The molecule has 162 valence electrons. The van der Waals surface area contributed by atoms with Crippen LogP contribution in [-0.4, -0.2) is 47.8 Å². The molecule has 1 saturated heterocycles. The molecule has 0 aliphatic carbocycles. The first kappa shape index (κ1) is 22.3.